The molecule has 0 rings (SSSR count). The summed E-state index contributed by atoms with van der Waals surface area (Å²) in [5.74, 6) is 0. The highest BCUT2D eigenvalue weighted by Gasteiger charge is 2.22. The number of rotatable bonds is 16. The van der Waals surface area contributed by atoms with Crippen molar-refractivity contribution in [2.24, 2.45) is 0 Å². The van der Waals surface area contributed by atoms with E-state index < -0.39 is 5.60 Å². The molecule has 174 valence electrons. The molecule has 0 saturated heterocycles. The Bertz CT molecular complexity index is 576. The van der Waals surface area contributed by atoms with E-state index in [0.717, 1.165) is 43.9 Å². The van der Waals surface area contributed by atoms with Crippen LogP contribution in [0.4, 0.5) is 0 Å². The molecule has 0 radical (unpaired) electrons. The van der Waals surface area contributed by atoms with Gasteiger partial charge in [0, 0.05) is 10.2 Å². The van der Waals surface area contributed by atoms with Gasteiger partial charge in [-0.3, -0.25) is 0 Å². The summed E-state index contributed by atoms with van der Waals surface area (Å²) >= 11 is 7.09. The zero-order valence-electron chi connectivity index (χ0n) is 20.4. The zero-order valence-corrected chi connectivity index (χ0v) is 23.5. The monoisotopic (exact) mass is 544 g/mol. The minimum atomic E-state index is -0.656. The van der Waals surface area contributed by atoms with E-state index in [1.165, 1.54) is 48.0 Å². The number of unbranched alkanes of at least 4 members (excludes halogenated alkanes) is 1. The van der Waals surface area contributed by atoms with E-state index in [4.69, 9.17) is 0 Å². The highest BCUT2D eigenvalue weighted by molar-refractivity contribution is 9.09. The Morgan fingerprint density at radius 1 is 0.733 bits per heavy atom. The third-order valence-corrected chi connectivity index (χ3v) is 7.62. The second-order valence-electron chi connectivity index (χ2n) is 9.31. The van der Waals surface area contributed by atoms with Crippen molar-refractivity contribution in [3.05, 3.63) is 46.6 Å². The molecule has 0 aromatic heterocycles. The maximum absolute atomic E-state index is 9.97. The van der Waals surface area contributed by atoms with Crippen molar-refractivity contribution < 1.29 is 5.11 Å². The van der Waals surface area contributed by atoms with Crippen molar-refractivity contribution in [3.8, 4) is 0 Å². The average molecular weight is 546 g/mol. The minimum absolute atomic E-state index is 0.145. The van der Waals surface area contributed by atoms with Gasteiger partial charge >= 0.3 is 0 Å². The fourth-order valence-electron chi connectivity index (χ4n) is 3.18. The van der Waals surface area contributed by atoms with Gasteiger partial charge in [-0.25, -0.2) is 0 Å². The van der Waals surface area contributed by atoms with Gasteiger partial charge in [-0.15, -0.1) is 0 Å². The van der Waals surface area contributed by atoms with Gasteiger partial charge in [0.05, 0.1) is 5.60 Å². The Balaban J connectivity index is 4.09. The van der Waals surface area contributed by atoms with Gasteiger partial charge in [-0.2, -0.15) is 0 Å². The average Bonchev–Trinajstić information content (AvgIpc) is 2.67. The summed E-state index contributed by atoms with van der Waals surface area (Å²) in [6, 6.07) is 0. The molecule has 1 unspecified atom stereocenters. The molecule has 0 aliphatic carbocycles. The smallest absolute Gasteiger partial charge is 0.0716 e. The molecule has 0 amide bonds. The summed E-state index contributed by atoms with van der Waals surface area (Å²) in [7, 11) is 0. The molecular weight excluding hydrogens is 500 g/mol. The van der Waals surface area contributed by atoms with Crippen molar-refractivity contribution in [2.45, 2.75) is 116 Å². The third kappa shape index (κ3) is 17.5. The van der Waals surface area contributed by atoms with Crippen LogP contribution in [0.1, 0.15) is 106 Å². The van der Waals surface area contributed by atoms with Crippen LogP contribution in [0.5, 0.6) is 0 Å². The summed E-state index contributed by atoms with van der Waals surface area (Å²) in [6.45, 7) is 12.7. The lowest BCUT2D eigenvalue weighted by Gasteiger charge is -2.23. The molecule has 0 aliphatic heterocycles. The summed E-state index contributed by atoms with van der Waals surface area (Å²) < 4.78 is 0. The minimum Gasteiger partial charge on any atom is -0.389 e. The number of alkyl halides is 2. The molecule has 0 aromatic carbocycles. The van der Waals surface area contributed by atoms with Crippen LogP contribution in [0.3, 0.4) is 0 Å². The van der Waals surface area contributed by atoms with E-state index in [9.17, 15) is 5.11 Å². The van der Waals surface area contributed by atoms with Crippen LogP contribution in [0.15, 0.2) is 46.6 Å². The van der Waals surface area contributed by atoms with Crippen LogP contribution in [-0.2, 0) is 0 Å². The van der Waals surface area contributed by atoms with Gasteiger partial charge in [0.25, 0.3) is 0 Å². The Labute approximate surface area is 204 Å². The van der Waals surface area contributed by atoms with Crippen molar-refractivity contribution >= 4 is 31.9 Å². The number of aliphatic hydroxyl groups is 1. The van der Waals surface area contributed by atoms with Gasteiger partial charge < -0.3 is 5.11 Å². The normalized spacial score (nSPS) is 15.6. The molecule has 1 atom stereocenters. The number of halogens is 2. The second kappa shape index (κ2) is 17.4. The van der Waals surface area contributed by atoms with Crippen LogP contribution in [0, 0.1) is 0 Å². The van der Waals surface area contributed by atoms with Crippen LogP contribution in [0.2, 0.25) is 0 Å². The van der Waals surface area contributed by atoms with Gasteiger partial charge in [0.2, 0.25) is 0 Å². The van der Waals surface area contributed by atoms with E-state index in [1.54, 1.807) is 0 Å². The lowest BCUT2D eigenvalue weighted by Crippen LogP contribution is -2.30. The first-order valence-corrected chi connectivity index (χ1v) is 13.6. The second-order valence-corrected chi connectivity index (χ2v) is 11.2. The van der Waals surface area contributed by atoms with E-state index in [1.807, 2.05) is 13.8 Å². The molecular formula is C27H46Br2O. The lowest BCUT2D eigenvalue weighted by molar-refractivity contribution is 0.0776. The Kier molecular flexibility index (Phi) is 17.4. The molecule has 0 aromatic rings. The molecule has 0 heterocycles. The van der Waals surface area contributed by atoms with Crippen LogP contribution in [-0.4, -0.2) is 20.9 Å². The fraction of sp³-hybridized carbons (Fsp3) is 0.704. The van der Waals surface area contributed by atoms with Crippen molar-refractivity contribution in [2.75, 3.05) is 5.33 Å². The largest absolute Gasteiger partial charge is 0.389 e. The number of hydrogen-bond acceptors (Lipinski definition) is 1. The predicted molar refractivity (Wildman–Crippen MR) is 144 cm³/mol. The van der Waals surface area contributed by atoms with E-state index in [0.29, 0.717) is 0 Å². The van der Waals surface area contributed by atoms with Gasteiger partial charge in [-0.05, 0) is 106 Å². The first-order chi connectivity index (χ1) is 14.1. The van der Waals surface area contributed by atoms with Crippen molar-refractivity contribution in [1.82, 2.24) is 0 Å². The molecule has 0 bridgehead atoms. The maximum Gasteiger partial charge on any atom is 0.0716 e. The van der Waals surface area contributed by atoms with Crippen molar-refractivity contribution in [3.63, 3.8) is 0 Å². The molecule has 1 N–H and O–H groups in total. The van der Waals surface area contributed by atoms with Gasteiger partial charge in [0.1, 0.15) is 0 Å². The molecule has 0 spiro atoms. The summed E-state index contributed by atoms with van der Waals surface area (Å²) in [5.41, 5.74) is 5.33. The van der Waals surface area contributed by atoms with Crippen molar-refractivity contribution in [1.29, 1.82) is 0 Å². The lowest BCUT2D eigenvalue weighted by atomic mass is 9.99. The SMILES string of the molecule is C/C(=C\CC/C=C(\C)CC/C(C)=C/CCC(Br)C(C)(C)O)CC/C=C(\C)CCCBr. The highest BCUT2D eigenvalue weighted by atomic mass is 79.9. The first kappa shape index (κ1) is 29.9. The molecule has 3 heteroatoms. The van der Waals surface area contributed by atoms with Crippen LogP contribution >= 0.6 is 31.9 Å². The predicted octanol–water partition coefficient (Wildman–Crippen LogP) is 9.60. The highest BCUT2D eigenvalue weighted by Crippen LogP contribution is 2.23. The number of allylic oxidation sites excluding steroid dienone is 8. The maximum atomic E-state index is 9.97. The summed E-state index contributed by atoms with van der Waals surface area (Å²) in [6.07, 6.45) is 20.9. The summed E-state index contributed by atoms with van der Waals surface area (Å²) in [5, 5.41) is 11.1. The molecule has 0 fully saturated rings. The molecule has 0 saturated carbocycles. The molecule has 1 nitrogen and oxygen atoms in total. The van der Waals surface area contributed by atoms with Gasteiger partial charge in [0.15, 0.2) is 0 Å². The Morgan fingerprint density at radius 2 is 1.17 bits per heavy atom. The standard InChI is InChI=1S/C27H46Br2O/c1-22(14-9-15-23(2)17-11-21-28)12-7-8-13-24(3)19-20-25(4)16-10-18-26(29)27(5,6)30/h12-13,15-16,26,30H,7-11,14,17-21H2,1-6H3/b22-12+,23-15+,24-13+,25-16+. The van der Waals surface area contributed by atoms with Crippen LogP contribution in [0.25, 0.3) is 0 Å². The van der Waals surface area contributed by atoms with Gasteiger partial charge in [-0.1, -0.05) is 78.5 Å². The fourth-order valence-corrected chi connectivity index (χ4v) is 3.73. The summed E-state index contributed by atoms with van der Waals surface area (Å²) in [4.78, 5) is 0.145. The Morgan fingerprint density at radius 3 is 1.67 bits per heavy atom. The number of hydrogen-bond donors (Lipinski definition) is 1. The molecule has 0 aliphatic rings. The first-order valence-electron chi connectivity index (χ1n) is 11.6. The quantitative estimate of drug-likeness (QED) is 0.116. The van der Waals surface area contributed by atoms with E-state index >= 15 is 0 Å². The molecule has 30 heavy (non-hydrogen) atoms. The topological polar surface area (TPSA) is 20.2 Å². The van der Waals surface area contributed by atoms with Crippen LogP contribution < -0.4 is 0 Å². The van der Waals surface area contributed by atoms with E-state index in [2.05, 4.69) is 83.9 Å². The third-order valence-electron chi connectivity index (χ3n) is 5.48. The van der Waals surface area contributed by atoms with E-state index in [-0.39, 0.29) is 4.83 Å². The Hall–Kier alpha value is -0.120. The zero-order chi connectivity index (χ0) is 23.0.